The van der Waals surface area contributed by atoms with E-state index in [2.05, 4.69) is 32.5 Å². The summed E-state index contributed by atoms with van der Waals surface area (Å²) in [6, 6.07) is 3.75. The molecule has 24 heavy (non-hydrogen) atoms. The molecule has 3 aliphatic rings. The first kappa shape index (κ1) is 13.9. The maximum absolute atomic E-state index is 12.8. The average Bonchev–Trinajstić information content (AvgIpc) is 3.05. The fourth-order valence-corrected chi connectivity index (χ4v) is 3.92. The third-order valence-corrected chi connectivity index (χ3v) is 5.33. The van der Waals surface area contributed by atoms with Gasteiger partial charge in [0.05, 0.1) is 5.69 Å². The quantitative estimate of drug-likeness (QED) is 0.879. The van der Waals surface area contributed by atoms with Gasteiger partial charge < -0.3 is 5.32 Å². The first-order valence-electron chi connectivity index (χ1n) is 8.64. The van der Waals surface area contributed by atoms with Gasteiger partial charge in [-0.15, -0.1) is 0 Å². The second-order valence-electron chi connectivity index (χ2n) is 7.07. The second-order valence-corrected chi connectivity index (χ2v) is 7.07. The number of nitrogens with zero attached hydrogens (tertiary/aromatic N) is 4. The van der Waals surface area contributed by atoms with Crippen molar-refractivity contribution in [3.63, 3.8) is 0 Å². The van der Waals surface area contributed by atoms with Gasteiger partial charge in [-0.05, 0) is 43.6 Å². The summed E-state index contributed by atoms with van der Waals surface area (Å²) < 4.78 is 1.66. The average molecular weight is 321 g/mol. The third kappa shape index (κ3) is 2.33. The number of hydrogen-bond donors (Lipinski definition) is 1. The van der Waals surface area contributed by atoms with Crippen molar-refractivity contribution < 1.29 is 4.79 Å². The molecule has 2 fully saturated rings. The molecule has 2 heterocycles. The molecule has 0 radical (unpaired) electrons. The molecule has 6 heteroatoms. The van der Waals surface area contributed by atoms with Crippen molar-refractivity contribution in [2.75, 3.05) is 5.32 Å². The smallest absolute Gasteiger partial charge is 0.252 e. The number of aromatic nitrogens is 4. The van der Waals surface area contributed by atoms with E-state index in [1.807, 2.05) is 6.07 Å². The van der Waals surface area contributed by atoms with Crippen LogP contribution in [0.4, 0.5) is 5.82 Å². The first-order valence-corrected chi connectivity index (χ1v) is 8.64. The predicted octanol–water partition coefficient (Wildman–Crippen LogP) is 2.69. The van der Waals surface area contributed by atoms with Crippen molar-refractivity contribution in [3.8, 4) is 5.95 Å². The Hall–Kier alpha value is -2.50. The highest BCUT2D eigenvalue weighted by atomic mass is 16.2. The molecule has 0 saturated heterocycles. The minimum absolute atomic E-state index is 0.0735. The molecule has 2 bridgehead atoms. The summed E-state index contributed by atoms with van der Waals surface area (Å²) in [5.41, 5.74) is 1.02. The van der Waals surface area contributed by atoms with Gasteiger partial charge in [0, 0.05) is 30.3 Å². The standard InChI is InChI=1S/C18H19N5O/c24-17(14-9-11-2-3-13(14)8-11)21-16-10-15(12-4-5-12)22-23(16)18-19-6-1-7-20-18/h1-3,6-7,10-14H,4-5,8-9H2,(H,21,24)/t11-,13+,14-/m1/s1. The SMILES string of the molecule is O=C(Nc1cc(C2CC2)nn1-c1ncccn1)[C@@H]1C[C@@H]2C=C[C@H]1C2. The molecular weight excluding hydrogens is 302 g/mol. The van der Waals surface area contributed by atoms with Crippen LogP contribution >= 0.6 is 0 Å². The molecule has 122 valence electrons. The van der Waals surface area contributed by atoms with Crippen molar-refractivity contribution in [2.45, 2.75) is 31.6 Å². The van der Waals surface area contributed by atoms with Gasteiger partial charge in [-0.25, -0.2) is 9.97 Å². The molecule has 0 spiro atoms. The lowest BCUT2D eigenvalue weighted by molar-refractivity contribution is -0.120. The zero-order valence-electron chi connectivity index (χ0n) is 13.3. The summed E-state index contributed by atoms with van der Waals surface area (Å²) in [5, 5.41) is 7.72. The van der Waals surface area contributed by atoms with Crippen LogP contribution in [0.2, 0.25) is 0 Å². The fraction of sp³-hybridized carbons (Fsp3) is 0.444. The lowest BCUT2D eigenvalue weighted by Crippen LogP contribution is -2.27. The Morgan fingerprint density at radius 2 is 2.00 bits per heavy atom. The first-order chi connectivity index (χ1) is 11.8. The van der Waals surface area contributed by atoms with Crippen molar-refractivity contribution >= 4 is 11.7 Å². The Bertz CT molecular complexity index is 808. The van der Waals surface area contributed by atoms with E-state index in [-0.39, 0.29) is 11.8 Å². The number of nitrogens with one attached hydrogen (secondary N) is 1. The van der Waals surface area contributed by atoms with Crippen molar-refractivity contribution in [3.05, 3.63) is 42.4 Å². The number of hydrogen-bond acceptors (Lipinski definition) is 4. The molecule has 6 nitrogen and oxygen atoms in total. The van der Waals surface area contributed by atoms with E-state index in [9.17, 15) is 4.79 Å². The zero-order chi connectivity index (χ0) is 16.1. The van der Waals surface area contributed by atoms with E-state index in [1.54, 1.807) is 23.1 Å². The number of amides is 1. The number of anilines is 1. The number of rotatable bonds is 4. The molecule has 2 aromatic rings. The van der Waals surface area contributed by atoms with Crippen LogP contribution < -0.4 is 5.32 Å². The molecule has 5 rings (SSSR count). The van der Waals surface area contributed by atoms with E-state index in [0.29, 0.717) is 29.5 Å². The van der Waals surface area contributed by atoms with Crippen molar-refractivity contribution in [2.24, 2.45) is 17.8 Å². The highest BCUT2D eigenvalue weighted by Crippen LogP contribution is 2.44. The molecule has 1 N–H and O–H groups in total. The normalized spacial score (nSPS) is 27.6. The van der Waals surface area contributed by atoms with E-state index < -0.39 is 0 Å². The molecule has 1 amide bonds. The lowest BCUT2D eigenvalue weighted by atomic mass is 9.93. The van der Waals surface area contributed by atoms with E-state index in [1.165, 1.54) is 0 Å². The summed E-state index contributed by atoms with van der Waals surface area (Å²) in [6.45, 7) is 0. The van der Waals surface area contributed by atoms with Gasteiger partial charge in [0.2, 0.25) is 5.91 Å². The van der Waals surface area contributed by atoms with Gasteiger partial charge in [-0.3, -0.25) is 4.79 Å². The van der Waals surface area contributed by atoms with E-state index in [0.717, 1.165) is 31.4 Å². The maximum Gasteiger partial charge on any atom is 0.252 e. The summed E-state index contributed by atoms with van der Waals surface area (Å²) in [7, 11) is 0. The second kappa shape index (κ2) is 5.26. The minimum atomic E-state index is 0.0735. The van der Waals surface area contributed by atoms with Crippen LogP contribution in [0, 0.1) is 17.8 Å². The van der Waals surface area contributed by atoms with Crippen LogP contribution in [-0.4, -0.2) is 25.7 Å². The van der Waals surface area contributed by atoms with Crippen molar-refractivity contribution in [1.82, 2.24) is 19.7 Å². The van der Waals surface area contributed by atoms with E-state index >= 15 is 0 Å². The number of allylic oxidation sites excluding steroid dienone is 2. The number of fused-ring (bicyclic) bond motifs is 2. The monoisotopic (exact) mass is 321 g/mol. The Morgan fingerprint density at radius 3 is 2.67 bits per heavy atom. The summed E-state index contributed by atoms with van der Waals surface area (Å²) >= 11 is 0. The highest BCUT2D eigenvalue weighted by Gasteiger charge is 2.40. The highest BCUT2D eigenvalue weighted by molar-refractivity contribution is 5.92. The molecule has 0 unspecified atom stereocenters. The lowest BCUT2D eigenvalue weighted by Gasteiger charge is -2.17. The fourth-order valence-electron chi connectivity index (χ4n) is 3.92. The van der Waals surface area contributed by atoms with E-state index in [4.69, 9.17) is 0 Å². The molecule has 2 saturated carbocycles. The van der Waals surface area contributed by atoms with Gasteiger partial charge in [0.15, 0.2) is 0 Å². The van der Waals surface area contributed by atoms with Crippen molar-refractivity contribution in [1.29, 1.82) is 0 Å². The summed E-state index contributed by atoms with van der Waals surface area (Å²) in [5.74, 6) is 2.82. The van der Waals surface area contributed by atoms with Crippen LogP contribution in [0.5, 0.6) is 0 Å². The molecule has 2 aromatic heterocycles. The Balaban J connectivity index is 1.44. The van der Waals surface area contributed by atoms with Gasteiger partial charge in [0.1, 0.15) is 5.82 Å². The number of carbonyl (C=O) groups excluding carboxylic acids is 1. The maximum atomic E-state index is 12.8. The zero-order valence-corrected chi connectivity index (χ0v) is 13.3. The molecular formula is C18H19N5O. The Kier molecular flexibility index (Phi) is 3.04. The van der Waals surface area contributed by atoms with Crippen LogP contribution in [0.25, 0.3) is 5.95 Å². The summed E-state index contributed by atoms with van der Waals surface area (Å²) in [4.78, 5) is 21.3. The van der Waals surface area contributed by atoms with Gasteiger partial charge >= 0.3 is 0 Å². The largest absolute Gasteiger partial charge is 0.310 e. The Morgan fingerprint density at radius 1 is 1.17 bits per heavy atom. The van der Waals surface area contributed by atoms with Gasteiger partial charge in [-0.1, -0.05) is 12.2 Å². The molecule has 0 aromatic carbocycles. The van der Waals surface area contributed by atoms with Gasteiger partial charge in [-0.2, -0.15) is 9.78 Å². The molecule has 3 aliphatic carbocycles. The van der Waals surface area contributed by atoms with Crippen LogP contribution in [0.15, 0.2) is 36.7 Å². The molecule has 0 aliphatic heterocycles. The number of carbonyl (C=O) groups is 1. The summed E-state index contributed by atoms with van der Waals surface area (Å²) in [6.07, 6.45) is 12.2. The third-order valence-electron chi connectivity index (χ3n) is 5.33. The molecule has 3 atom stereocenters. The van der Waals surface area contributed by atoms with Crippen LogP contribution in [0.3, 0.4) is 0 Å². The predicted molar refractivity (Wildman–Crippen MR) is 88.6 cm³/mol. The topological polar surface area (TPSA) is 72.7 Å². The van der Waals surface area contributed by atoms with Crippen LogP contribution in [0.1, 0.15) is 37.3 Å². The van der Waals surface area contributed by atoms with Gasteiger partial charge in [0.25, 0.3) is 5.95 Å². The minimum Gasteiger partial charge on any atom is -0.310 e. The Labute approximate surface area is 140 Å². The van der Waals surface area contributed by atoms with Crippen LogP contribution in [-0.2, 0) is 4.79 Å².